The molecule has 0 saturated heterocycles. The van der Waals surface area contributed by atoms with Crippen molar-refractivity contribution in [2.24, 2.45) is 0 Å². The second-order valence-electron chi connectivity index (χ2n) is 7.57. The van der Waals surface area contributed by atoms with Crippen molar-refractivity contribution in [2.45, 2.75) is 25.9 Å². The van der Waals surface area contributed by atoms with Gasteiger partial charge in [0, 0.05) is 17.8 Å². The second kappa shape index (κ2) is 9.56. The fourth-order valence-electron chi connectivity index (χ4n) is 4.01. The molecule has 4 rings (SSSR count). The van der Waals surface area contributed by atoms with Gasteiger partial charge in [-0.25, -0.2) is 0 Å². The van der Waals surface area contributed by atoms with Crippen LogP contribution < -0.4 is 14.8 Å². The lowest BCUT2D eigenvalue weighted by molar-refractivity contribution is -0.117. The van der Waals surface area contributed by atoms with Gasteiger partial charge < -0.3 is 19.7 Å². The number of methoxy groups -OCH3 is 1. The quantitative estimate of drug-likeness (QED) is 0.556. The van der Waals surface area contributed by atoms with E-state index >= 15 is 0 Å². The zero-order chi connectivity index (χ0) is 22.5. The minimum atomic E-state index is -0.455. The van der Waals surface area contributed by atoms with Crippen molar-refractivity contribution in [3.8, 4) is 11.5 Å². The van der Waals surface area contributed by atoms with Gasteiger partial charge in [0.25, 0.3) is 5.91 Å². The van der Waals surface area contributed by atoms with E-state index in [1.165, 1.54) is 0 Å². The Kier molecular flexibility index (Phi) is 6.40. The molecule has 3 aromatic rings. The van der Waals surface area contributed by atoms with Crippen LogP contribution >= 0.6 is 0 Å². The van der Waals surface area contributed by atoms with Gasteiger partial charge >= 0.3 is 0 Å². The first-order chi connectivity index (χ1) is 15.6. The molecular weight excluding hydrogens is 404 g/mol. The Hall–Kier alpha value is -3.80. The van der Waals surface area contributed by atoms with Crippen LogP contribution in [0.15, 0.2) is 72.8 Å². The van der Waals surface area contributed by atoms with Crippen LogP contribution in [0, 0.1) is 0 Å². The van der Waals surface area contributed by atoms with E-state index in [0.29, 0.717) is 30.2 Å². The van der Waals surface area contributed by atoms with Crippen LogP contribution in [0.4, 0.5) is 5.69 Å². The van der Waals surface area contributed by atoms with Crippen molar-refractivity contribution in [2.75, 3.05) is 19.0 Å². The van der Waals surface area contributed by atoms with E-state index in [9.17, 15) is 9.59 Å². The fourth-order valence-corrected chi connectivity index (χ4v) is 4.01. The van der Waals surface area contributed by atoms with Gasteiger partial charge in [0.05, 0.1) is 26.2 Å². The molecule has 1 aliphatic rings. The van der Waals surface area contributed by atoms with E-state index in [0.717, 1.165) is 16.8 Å². The van der Waals surface area contributed by atoms with E-state index in [1.807, 2.05) is 79.7 Å². The summed E-state index contributed by atoms with van der Waals surface area (Å²) in [6.45, 7) is 2.87. The molecule has 3 aromatic carbocycles. The normalized spacial score (nSPS) is 13.4. The fraction of sp³-hybridized carbons (Fsp3) is 0.231. The number of hydrogen-bond acceptors (Lipinski definition) is 4. The summed E-state index contributed by atoms with van der Waals surface area (Å²) in [6.07, 6.45) is 0.117. The number of amides is 2. The molecule has 0 radical (unpaired) electrons. The molecule has 6 nitrogen and oxygen atoms in total. The van der Waals surface area contributed by atoms with Gasteiger partial charge in [-0.3, -0.25) is 9.59 Å². The predicted octanol–water partition coefficient (Wildman–Crippen LogP) is 4.82. The number of anilines is 1. The predicted molar refractivity (Wildman–Crippen MR) is 123 cm³/mol. The zero-order valence-electron chi connectivity index (χ0n) is 18.2. The summed E-state index contributed by atoms with van der Waals surface area (Å²) < 4.78 is 11.1. The van der Waals surface area contributed by atoms with Crippen LogP contribution in [0.3, 0.4) is 0 Å². The maximum Gasteiger partial charge on any atom is 0.255 e. The van der Waals surface area contributed by atoms with Crippen molar-refractivity contribution < 1.29 is 19.1 Å². The number of nitrogens with one attached hydrogen (secondary N) is 1. The highest BCUT2D eigenvalue weighted by atomic mass is 16.5. The summed E-state index contributed by atoms with van der Waals surface area (Å²) in [7, 11) is 1.58. The molecule has 1 heterocycles. The lowest BCUT2D eigenvalue weighted by Crippen LogP contribution is -2.32. The third kappa shape index (κ3) is 4.44. The molecule has 0 unspecified atom stereocenters. The van der Waals surface area contributed by atoms with Gasteiger partial charge in [-0.15, -0.1) is 0 Å². The molecule has 164 valence electrons. The van der Waals surface area contributed by atoms with Gasteiger partial charge in [-0.2, -0.15) is 0 Å². The average Bonchev–Trinajstić information content (AvgIpc) is 3.15. The summed E-state index contributed by atoms with van der Waals surface area (Å²) in [5.74, 6) is 0.952. The number of carbonyl (C=O) groups is 2. The molecule has 0 saturated carbocycles. The first-order valence-corrected chi connectivity index (χ1v) is 10.6. The minimum absolute atomic E-state index is 0.0778. The van der Waals surface area contributed by atoms with E-state index in [-0.39, 0.29) is 18.2 Å². The molecule has 0 spiro atoms. The largest absolute Gasteiger partial charge is 0.493 e. The summed E-state index contributed by atoms with van der Waals surface area (Å²) >= 11 is 0. The first-order valence-electron chi connectivity index (χ1n) is 10.6. The molecule has 0 aliphatic carbocycles. The van der Waals surface area contributed by atoms with E-state index in [2.05, 4.69) is 5.32 Å². The van der Waals surface area contributed by atoms with Crippen LogP contribution in [0.2, 0.25) is 0 Å². The summed E-state index contributed by atoms with van der Waals surface area (Å²) in [4.78, 5) is 27.9. The zero-order valence-corrected chi connectivity index (χ0v) is 18.2. The Bertz CT molecular complexity index is 1110. The Balaban J connectivity index is 1.66. The van der Waals surface area contributed by atoms with Crippen LogP contribution in [0.1, 0.15) is 40.9 Å². The number of fused-ring (bicyclic) bond motifs is 1. The highest BCUT2D eigenvalue weighted by Gasteiger charge is 2.34. The molecule has 2 amide bonds. The van der Waals surface area contributed by atoms with Crippen LogP contribution in [0.25, 0.3) is 0 Å². The number of hydrogen-bond donors (Lipinski definition) is 1. The molecule has 6 heteroatoms. The van der Waals surface area contributed by atoms with Crippen molar-refractivity contribution in [1.29, 1.82) is 0 Å². The topological polar surface area (TPSA) is 67.9 Å². The number of benzene rings is 3. The SMILES string of the molecule is CCOc1ccc([C@@H](CC(=O)Nc2ccccc2)N2Cc3ccccc3C2=O)cc1OC. The minimum Gasteiger partial charge on any atom is -0.493 e. The van der Waals surface area contributed by atoms with Crippen molar-refractivity contribution in [1.82, 2.24) is 4.90 Å². The van der Waals surface area contributed by atoms with Gasteiger partial charge in [0.1, 0.15) is 0 Å². The maximum absolute atomic E-state index is 13.2. The number of ether oxygens (including phenoxy) is 2. The number of carbonyl (C=O) groups excluding carboxylic acids is 2. The second-order valence-corrected chi connectivity index (χ2v) is 7.57. The van der Waals surface area contributed by atoms with E-state index in [4.69, 9.17) is 9.47 Å². The average molecular weight is 431 g/mol. The Morgan fingerprint density at radius 2 is 1.78 bits per heavy atom. The lowest BCUT2D eigenvalue weighted by atomic mass is 10.0. The smallest absolute Gasteiger partial charge is 0.255 e. The molecule has 0 aromatic heterocycles. The molecule has 1 atom stereocenters. The van der Waals surface area contributed by atoms with Crippen molar-refractivity contribution in [3.63, 3.8) is 0 Å². The number of rotatable bonds is 8. The van der Waals surface area contributed by atoms with Crippen molar-refractivity contribution in [3.05, 3.63) is 89.5 Å². The highest BCUT2D eigenvalue weighted by molar-refractivity contribution is 5.99. The standard InChI is InChI=1S/C26H26N2O4/c1-3-32-23-14-13-18(15-24(23)31-2)22(16-25(29)27-20-10-5-4-6-11-20)28-17-19-9-7-8-12-21(19)26(28)30/h4-15,22H,3,16-17H2,1-2H3,(H,27,29)/t22-/m1/s1. The maximum atomic E-state index is 13.2. The van der Waals surface area contributed by atoms with Gasteiger partial charge in [0.2, 0.25) is 5.91 Å². The highest BCUT2D eigenvalue weighted by Crippen LogP contribution is 2.37. The monoisotopic (exact) mass is 430 g/mol. The molecule has 1 N–H and O–H groups in total. The molecule has 0 fully saturated rings. The van der Waals surface area contributed by atoms with Gasteiger partial charge in [0.15, 0.2) is 11.5 Å². The Morgan fingerprint density at radius 1 is 1.03 bits per heavy atom. The van der Waals surface area contributed by atoms with Crippen molar-refractivity contribution >= 4 is 17.5 Å². The third-order valence-corrected chi connectivity index (χ3v) is 5.53. The van der Waals surface area contributed by atoms with Gasteiger partial charge in [-0.1, -0.05) is 42.5 Å². The number of nitrogens with zero attached hydrogens (tertiary/aromatic N) is 1. The first kappa shape index (κ1) is 21.4. The molecule has 1 aliphatic heterocycles. The van der Waals surface area contributed by atoms with Crippen LogP contribution in [-0.2, 0) is 11.3 Å². The van der Waals surface area contributed by atoms with Crippen LogP contribution in [0.5, 0.6) is 11.5 Å². The third-order valence-electron chi connectivity index (χ3n) is 5.53. The van der Waals surface area contributed by atoms with Gasteiger partial charge in [-0.05, 0) is 48.4 Å². The summed E-state index contributed by atoms with van der Waals surface area (Å²) in [6, 6.07) is 22.0. The summed E-state index contributed by atoms with van der Waals surface area (Å²) in [5, 5.41) is 2.93. The molecule has 0 bridgehead atoms. The molecule has 32 heavy (non-hydrogen) atoms. The van der Waals surface area contributed by atoms with Crippen LogP contribution in [-0.4, -0.2) is 30.4 Å². The molecular formula is C26H26N2O4. The lowest BCUT2D eigenvalue weighted by Gasteiger charge is -2.28. The Morgan fingerprint density at radius 3 is 2.50 bits per heavy atom. The summed E-state index contributed by atoms with van der Waals surface area (Å²) in [5.41, 5.74) is 3.17. The number of para-hydroxylation sites is 1. The van der Waals surface area contributed by atoms with E-state index in [1.54, 1.807) is 12.0 Å². The Labute approximate surface area is 187 Å². The van der Waals surface area contributed by atoms with E-state index < -0.39 is 6.04 Å².